The van der Waals surface area contributed by atoms with Crippen molar-refractivity contribution in [3.63, 3.8) is 0 Å². The highest BCUT2D eigenvalue weighted by Gasteiger charge is 2.19. The first kappa shape index (κ1) is 11.9. The molecule has 96 valence electrons. The minimum atomic E-state index is -0.0713. The van der Waals surface area contributed by atoms with Crippen molar-refractivity contribution < 1.29 is 14.1 Å². The van der Waals surface area contributed by atoms with Crippen LogP contribution < -0.4 is 4.57 Å². The molecule has 19 heavy (non-hydrogen) atoms. The van der Waals surface area contributed by atoms with Crippen molar-refractivity contribution in [2.75, 3.05) is 0 Å². The zero-order valence-corrected chi connectivity index (χ0v) is 11.1. The Morgan fingerprint density at radius 2 is 1.95 bits per heavy atom. The number of hydrogen-bond acceptors (Lipinski definition) is 2. The Hall–Kier alpha value is -2.13. The number of aryl methyl sites for hydroxylation is 2. The lowest BCUT2D eigenvalue weighted by atomic mass is 10.1. The summed E-state index contributed by atoms with van der Waals surface area (Å²) in [5, 5.41) is 10.4. The number of para-hydroxylation sites is 1. The molecule has 0 unspecified atom stereocenters. The number of nitrogens with zero attached hydrogens (tertiary/aromatic N) is 1. The highest BCUT2D eigenvalue weighted by molar-refractivity contribution is 5.77. The molecule has 0 spiro atoms. The number of aliphatic hydroxyl groups excluding tert-OH is 1. The van der Waals surface area contributed by atoms with E-state index in [2.05, 4.69) is 28.8 Å². The van der Waals surface area contributed by atoms with Crippen LogP contribution in [0.15, 0.2) is 46.9 Å². The van der Waals surface area contributed by atoms with Gasteiger partial charge in [0.15, 0.2) is 0 Å². The average molecular weight is 254 g/mol. The van der Waals surface area contributed by atoms with Crippen LogP contribution in [-0.4, -0.2) is 5.11 Å². The highest BCUT2D eigenvalue weighted by Crippen LogP contribution is 2.25. The molecule has 3 nitrogen and oxygen atoms in total. The molecule has 0 radical (unpaired) electrons. The van der Waals surface area contributed by atoms with E-state index in [1.807, 2.05) is 32.2 Å². The third kappa shape index (κ3) is 1.92. The Morgan fingerprint density at radius 1 is 1.16 bits per heavy atom. The molecule has 3 rings (SSSR count). The molecule has 2 heterocycles. The van der Waals surface area contributed by atoms with Gasteiger partial charge in [-0.2, -0.15) is 4.57 Å². The molecule has 0 bridgehead atoms. The summed E-state index contributed by atoms with van der Waals surface area (Å²) in [6.45, 7) is 1.92. The van der Waals surface area contributed by atoms with E-state index in [0.29, 0.717) is 5.76 Å². The Bertz CT molecular complexity index is 744. The minimum absolute atomic E-state index is 0.0713. The summed E-state index contributed by atoms with van der Waals surface area (Å²) in [5.74, 6) is 1.41. The van der Waals surface area contributed by atoms with Gasteiger partial charge in [0.2, 0.25) is 17.0 Å². The average Bonchev–Trinajstić information content (AvgIpc) is 2.81. The second kappa shape index (κ2) is 4.52. The van der Waals surface area contributed by atoms with Crippen LogP contribution in [0.2, 0.25) is 0 Å². The molecular weight excluding hydrogens is 238 g/mol. The first-order chi connectivity index (χ1) is 9.20. The molecule has 0 fully saturated rings. The van der Waals surface area contributed by atoms with E-state index >= 15 is 0 Å². The lowest BCUT2D eigenvalue weighted by Gasteiger charge is -2.02. The largest absolute Gasteiger partial charge is 0.452 e. The van der Waals surface area contributed by atoms with Crippen molar-refractivity contribution in [3.05, 3.63) is 53.8 Å². The molecule has 0 amide bonds. The Kier molecular flexibility index (Phi) is 2.84. The van der Waals surface area contributed by atoms with Gasteiger partial charge in [0, 0.05) is 23.1 Å². The van der Waals surface area contributed by atoms with Gasteiger partial charge in [-0.1, -0.05) is 12.1 Å². The van der Waals surface area contributed by atoms with Crippen molar-refractivity contribution in [1.29, 1.82) is 0 Å². The number of pyridine rings is 1. The van der Waals surface area contributed by atoms with E-state index in [0.717, 1.165) is 22.5 Å². The maximum atomic E-state index is 9.16. The van der Waals surface area contributed by atoms with Gasteiger partial charge >= 0.3 is 0 Å². The van der Waals surface area contributed by atoms with Gasteiger partial charge in [-0.3, -0.25) is 0 Å². The van der Waals surface area contributed by atoms with E-state index in [1.54, 1.807) is 0 Å². The van der Waals surface area contributed by atoms with Gasteiger partial charge in [-0.05, 0) is 25.1 Å². The van der Waals surface area contributed by atoms with Crippen LogP contribution in [0.5, 0.6) is 0 Å². The number of benzene rings is 1. The molecule has 3 aromatic rings. The monoisotopic (exact) mass is 254 g/mol. The summed E-state index contributed by atoms with van der Waals surface area (Å²) >= 11 is 0. The number of aromatic nitrogens is 1. The lowest BCUT2D eigenvalue weighted by Crippen LogP contribution is -2.31. The summed E-state index contributed by atoms with van der Waals surface area (Å²) in [4.78, 5) is 0. The van der Waals surface area contributed by atoms with Crippen molar-refractivity contribution in [2.45, 2.75) is 13.5 Å². The van der Waals surface area contributed by atoms with Gasteiger partial charge in [0.25, 0.3) is 0 Å². The summed E-state index contributed by atoms with van der Waals surface area (Å²) in [6, 6.07) is 14.3. The lowest BCUT2D eigenvalue weighted by molar-refractivity contribution is -0.634. The zero-order valence-electron chi connectivity index (χ0n) is 11.1. The fraction of sp³-hybridized carbons (Fsp3) is 0.188. The van der Waals surface area contributed by atoms with Crippen LogP contribution in [0.1, 0.15) is 11.3 Å². The molecule has 1 aromatic carbocycles. The number of aliphatic hydroxyl groups is 1. The summed E-state index contributed by atoms with van der Waals surface area (Å²) < 4.78 is 7.82. The molecule has 0 atom stereocenters. The smallest absolute Gasteiger partial charge is 0.248 e. The summed E-state index contributed by atoms with van der Waals surface area (Å²) in [6.07, 6.45) is 0. The molecule has 0 saturated carbocycles. The van der Waals surface area contributed by atoms with Crippen LogP contribution in [0, 0.1) is 6.92 Å². The second-order valence-corrected chi connectivity index (χ2v) is 4.72. The third-order valence-electron chi connectivity index (χ3n) is 3.44. The summed E-state index contributed by atoms with van der Waals surface area (Å²) in [5.41, 5.74) is 3.20. The van der Waals surface area contributed by atoms with Crippen LogP contribution in [0.25, 0.3) is 22.4 Å². The molecule has 0 aliphatic carbocycles. The van der Waals surface area contributed by atoms with E-state index < -0.39 is 0 Å². The maximum Gasteiger partial charge on any atom is 0.248 e. The van der Waals surface area contributed by atoms with Crippen LogP contribution >= 0.6 is 0 Å². The number of furan rings is 1. The fourth-order valence-corrected chi connectivity index (χ4v) is 2.45. The summed E-state index contributed by atoms with van der Waals surface area (Å²) in [7, 11) is 2.03. The van der Waals surface area contributed by atoms with Gasteiger partial charge in [-0.15, -0.1) is 0 Å². The highest BCUT2D eigenvalue weighted by atomic mass is 16.4. The van der Waals surface area contributed by atoms with E-state index in [-0.39, 0.29) is 6.61 Å². The van der Waals surface area contributed by atoms with Gasteiger partial charge in [0.1, 0.15) is 19.4 Å². The van der Waals surface area contributed by atoms with Gasteiger partial charge in [0.05, 0.1) is 0 Å². The van der Waals surface area contributed by atoms with E-state index in [4.69, 9.17) is 9.52 Å². The predicted molar refractivity (Wildman–Crippen MR) is 73.5 cm³/mol. The second-order valence-electron chi connectivity index (χ2n) is 4.72. The molecular formula is C16H16NO2+. The first-order valence-corrected chi connectivity index (χ1v) is 6.29. The van der Waals surface area contributed by atoms with Crippen LogP contribution in [0.4, 0.5) is 0 Å². The number of rotatable bonds is 2. The Morgan fingerprint density at radius 3 is 2.68 bits per heavy atom. The van der Waals surface area contributed by atoms with Crippen LogP contribution in [-0.2, 0) is 13.7 Å². The first-order valence-electron chi connectivity index (χ1n) is 6.29. The quantitative estimate of drug-likeness (QED) is 0.714. The van der Waals surface area contributed by atoms with Gasteiger partial charge < -0.3 is 9.52 Å². The normalized spacial score (nSPS) is 11.1. The molecule has 3 heteroatoms. The van der Waals surface area contributed by atoms with Crippen molar-refractivity contribution >= 4 is 10.9 Å². The topological polar surface area (TPSA) is 37.3 Å². The fourth-order valence-electron chi connectivity index (χ4n) is 2.45. The number of fused-ring (bicyclic) bond motifs is 1. The van der Waals surface area contributed by atoms with E-state index in [9.17, 15) is 0 Å². The maximum absolute atomic E-state index is 9.16. The minimum Gasteiger partial charge on any atom is -0.452 e. The molecule has 2 aromatic heterocycles. The third-order valence-corrected chi connectivity index (χ3v) is 3.44. The Balaban J connectivity index is 2.25. The van der Waals surface area contributed by atoms with Crippen molar-refractivity contribution in [2.24, 2.45) is 7.05 Å². The van der Waals surface area contributed by atoms with E-state index in [1.165, 1.54) is 5.39 Å². The predicted octanol–water partition coefficient (Wildman–Crippen LogP) is 2.73. The number of hydrogen-bond donors (Lipinski definition) is 1. The zero-order chi connectivity index (χ0) is 13.4. The molecule has 0 aliphatic rings. The SMILES string of the molecule is Cc1cc(CO)oc1-c1ccc2ccccc2[n+]1C. The molecule has 0 saturated heterocycles. The van der Waals surface area contributed by atoms with Gasteiger partial charge in [-0.25, -0.2) is 0 Å². The van der Waals surface area contributed by atoms with Crippen molar-refractivity contribution in [3.8, 4) is 11.5 Å². The molecule has 0 aliphatic heterocycles. The molecule has 1 N–H and O–H groups in total. The Labute approximate surface area is 111 Å². The van der Waals surface area contributed by atoms with Crippen LogP contribution in [0.3, 0.4) is 0 Å². The standard InChI is InChI=1S/C16H16NO2/c1-11-9-13(10-18)19-16(11)15-8-7-12-5-3-4-6-14(12)17(15)2/h3-9,18H,10H2,1-2H3/q+1. The van der Waals surface area contributed by atoms with Crippen molar-refractivity contribution in [1.82, 2.24) is 0 Å².